The lowest BCUT2D eigenvalue weighted by Gasteiger charge is -2.26. The van der Waals surface area contributed by atoms with Crippen molar-refractivity contribution in [3.05, 3.63) is 48.0 Å². The Hall–Kier alpha value is -2.60. The monoisotopic (exact) mass is 493 g/mol. The number of hydrogen-bond acceptors (Lipinski definition) is 7. The molecule has 1 saturated heterocycles. The number of benzene rings is 2. The molecule has 1 aliphatic heterocycles. The molecule has 33 heavy (non-hydrogen) atoms. The summed E-state index contributed by atoms with van der Waals surface area (Å²) in [6.07, 6.45) is -0.0454. The number of carbonyl (C=O) groups excluding carboxylic acids is 2. The molecule has 0 aromatic heterocycles. The van der Waals surface area contributed by atoms with E-state index in [9.17, 15) is 18.0 Å². The zero-order valence-corrected chi connectivity index (χ0v) is 20.4. The number of carbonyl (C=O) groups is 2. The molecule has 0 radical (unpaired) electrons. The molecule has 178 valence electrons. The fraction of sp³-hybridized carbons (Fsp3) is 0.364. The Balaban J connectivity index is 1.79. The lowest BCUT2D eigenvalue weighted by Crippen LogP contribution is -2.40. The lowest BCUT2D eigenvalue weighted by atomic mass is 10.1. The Kier molecular flexibility index (Phi) is 8.35. The number of ether oxygens (including phenoxy) is 2. The van der Waals surface area contributed by atoms with Crippen molar-refractivity contribution in [1.82, 2.24) is 9.21 Å². The summed E-state index contributed by atoms with van der Waals surface area (Å²) in [5.41, 5.74) is 1.03. The number of hydrogen-bond donors (Lipinski definition) is 1. The van der Waals surface area contributed by atoms with Gasteiger partial charge in [-0.25, -0.2) is 8.42 Å². The second kappa shape index (κ2) is 11.0. The predicted molar refractivity (Wildman–Crippen MR) is 126 cm³/mol. The van der Waals surface area contributed by atoms with Crippen LogP contribution in [0.25, 0.3) is 0 Å². The Labute approximate surface area is 198 Å². The highest BCUT2D eigenvalue weighted by atomic mass is 32.2. The van der Waals surface area contributed by atoms with Gasteiger partial charge in [0.05, 0.1) is 32.4 Å². The van der Waals surface area contributed by atoms with E-state index in [0.717, 1.165) is 11.8 Å². The van der Waals surface area contributed by atoms with Crippen molar-refractivity contribution in [2.24, 2.45) is 0 Å². The van der Waals surface area contributed by atoms with Crippen molar-refractivity contribution in [3.8, 4) is 5.75 Å². The summed E-state index contributed by atoms with van der Waals surface area (Å²) < 4.78 is 38.2. The van der Waals surface area contributed by atoms with Crippen LogP contribution in [0.3, 0.4) is 0 Å². The van der Waals surface area contributed by atoms with Crippen molar-refractivity contribution < 1.29 is 27.5 Å². The Bertz CT molecular complexity index is 1110. The molecule has 0 aliphatic carbocycles. The number of morpholine rings is 1. The van der Waals surface area contributed by atoms with Crippen LogP contribution in [0.1, 0.15) is 5.56 Å². The van der Waals surface area contributed by atoms with E-state index in [1.165, 1.54) is 22.4 Å². The number of anilines is 1. The first kappa shape index (κ1) is 25.0. The van der Waals surface area contributed by atoms with E-state index in [1.54, 1.807) is 50.5 Å². The van der Waals surface area contributed by atoms with Crippen LogP contribution in [0.4, 0.5) is 10.5 Å². The molecule has 1 aliphatic rings. The number of nitrogens with one attached hydrogen (secondary N) is 1. The number of thioether (sulfide) groups is 1. The minimum absolute atomic E-state index is 0.0183. The maximum Gasteiger partial charge on any atom is 0.286 e. The van der Waals surface area contributed by atoms with Gasteiger partial charge in [0.25, 0.3) is 5.24 Å². The summed E-state index contributed by atoms with van der Waals surface area (Å²) in [6, 6.07) is 11.7. The van der Waals surface area contributed by atoms with Crippen LogP contribution in [-0.4, -0.2) is 76.3 Å². The molecule has 2 aromatic carbocycles. The van der Waals surface area contributed by atoms with Crippen LogP contribution in [0, 0.1) is 0 Å². The molecule has 3 rings (SSSR count). The number of para-hydroxylation sites is 1. The Morgan fingerprint density at radius 3 is 2.52 bits per heavy atom. The van der Waals surface area contributed by atoms with E-state index in [-0.39, 0.29) is 41.3 Å². The molecule has 0 atom stereocenters. The van der Waals surface area contributed by atoms with Crippen LogP contribution in [0.15, 0.2) is 52.3 Å². The largest absolute Gasteiger partial charge is 0.495 e. The van der Waals surface area contributed by atoms with Gasteiger partial charge in [-0.3, -0.25) is 9.59 Å². The number of rotatable bonds is 7. The average molecular weight is 494 g/mol. The first-order valence-electron chi connectivity index (χ1n) is 10.2. The molecule has 2 amide bonds. The molecule has 1 fully saturated rings. The third-order valence-corrected chi connectivity index (χ3v) is 7.94. The van der Waals surface area contributed by atoms with Crippen LogP contribution < -0.4 is 10.1 Å². The van der Waals surface area contributed by atoms with Crippen molar-refractivity contribution in [2.45, 2.75) is 16.2 Å². The van der Waals surface area contributed by atoms with Crippen LogP contribution in [0.2, 0.25) is 0 Å². The van der Waals surface area contributed by atoms with Crippen LogP contribution in [-0.2, 0) is 26.0 Å². The van der Waals surface area contributed by atoms with Crippen molar-refractivity contribution in [2.75, 3.05) is 52.8 Å². The van der Waals surface area contributed by atoms with Crippen molar-refractivity contribution in [1.29, 1.82) is 0 Å². The summed E-state index contributed by atoms with van der Waals surface area (Å²) in [4.78, 5) is 26.9. The second-order valence-corrected chi connectivity index (χ2v) is 10.4. The van der Waals surface area contributed by atoms with Gasteiger partial charge in [0.1, 0.15) is 10.6 Å². The van der Waals surface area contributed by atoms with Gasteiger partial charge >= 0.3 is 0 Å². The fourth-order valence-electron chi connectivity index (χ4n) is 3.18. The van der Waals surface area contributed by atoms with E-state index in [1.807, 2.05) is 0 Å². The normalized spacial score (nSPS) is 14.5. The molecule has 1 heterocycles. The second-order valence-electron chi connectivity index (χ2n) is 7.49. The third-order valence-electron chi connectivity index (χ3n) is 4.90. The van der Waals surface area contributed by atoms with Crippen LogP contribution in [0.5, 0.6) is 5.75 Å². The number of methoxy groups -OCH3 is 1. The van der Waals surface area contributed by atoms with Gasteiger partial charge in [-0.15, -0.1) is 0 Å². The van der Waals surface area contributed by atoms with Crippen LogP contribution >= 0.6 is 11.8 Å². The molecule has 0 unspecified atom stereocenters. The molecule has 2 aromatic rings. The molecule has 0 saturated carbocycles. The topological polar surface area (TPSA) is 105 Å². The molecular weight excluding hydrogens is 466 g/mol. The predicted octanol–water partition coefficient (Wildman–Crippen LogP) is 2.67. The van der Waals surface area contributed by atoms with Gasteiger partial charge < -0.3 is 19.7 Å². The molecule has 0 bridgehead atoms. The van der Waals surface area contributed by atoms with Gasteiger partial charge in [-0.05, 0) is 41.6 Å². The highest BCUT2D eigenvalue weighted by Crippen LogP contribution is 2.30. The summed E-state index contributed by atoms with van der Waals surface area (Å²) in [5.74, 6) is -0.116. The van der Waals surface area contributed by atoms with E-state index in [2.05, 4.69) is 5.32 Å². The van der Waals surface area contributed by atoms with Gasteiger partial charge in [-0.2, -0.15) is 4.31 Å². The van der Waals surface area contributed by atoms with Gasteiger partial charge in [0.15, 0.2) is 0 Å². The standard InChI is InChI=1S/C22H27N3O6S2/c1-24(2)22(27)32-19-7-5-4-6-17(19)23-21(26)15-16-8-9-18(30-3)20(14-16)33(28,29)25-10-12-31-13-11-25/h4-9,14H,10-13,15H2,1-3H3,(H,23,26). The third kappa shape index (κ3) is 6.26. The van der Waals surface area contributed by atoms with E-state index in [4.69, 9.17) is 9.47 Å². The minimum Gasteiger partial charge on any atom is -0.495 e. The molecule has 11 heteroatoms. The fourth-order valence-corrected chi connectivity index (χ4v) is 5.54. The Morgan fingerprint density at radius 2 is 1.85 bits per heavy atom. The minimum atomic E-state index is -3.80. The van der Waals surface area contributed by atoms with E-state index < -0.39 is 10.0 Å². The molecule has 9 nitrogen and oxygen atoms in total. The van der Waals surface area contributed by atoms with Crippen molar-refractivity contribution >= 4 is 38.6 Å². The smallest absolute Gasteiger partial charge is 0.286 e. The molecule has 0 spiro atoms. The molecule has 1 N–H and O–H groups in total. The Morgan fingerprint density at radius 1 is 1.15 bits per heavy atom. The zero-order valence-electron chi connectivity index (χ0n) is 18.7. The maximum atomic E-state index is 13.1. The summed E-state index contributed by atoms with van der Waals surface area (Å²) in [6.45, 7) is 1.18. The number of amides is 2. The maximum absolute atomic E-state index is 13.1. The summed E-state index contributed by atoms with van der Waals surface area (Å²) >= 11 is 1.01. The van der Waals surface area contributed by atoms with Gasteiger partial charge in [-0.1, -0.05) is 18.2 Å². The van der Waals surface area contributed by atoms with Gasteiger partial charge in [0, 0.05) is 32.1 Å². The number of sulfonamides is 1. The quantitative estimate of drug-likeness (QED) is 0.591. The first-order valence-corrected chi connectivity index (χ1v) is 12.5. The highest BCUT2D eigenvalue weighted by Gasteiger charge is 2.29. The van der Waals surface area contributed by atoms with E-state index >= 15 is 0 Å². The summed E-state index contributed by atoms with van der Waals surface area (Å²) in [7, 11) is 0.918. The summed E-state index contributed by atoms with van der Waals surface area (Å²) in [5, 5.41) is 2.65. The van der Waals surface area contributed by atoms with E-state index in [0.29, 0.717) is 29.4 Å². The zero-order chi connectivity index (χ0) is 24.0. The average Bonchev–Trinajstić information content (AvgIpc) is 2.80. The first-order chi connectivity index (χ1) is 15.7. The lowest BCUT2D eigenvalue weighted by molar-refractivity contribution is -0.115. The molecular formula is C22H27N3O6S2. The number of nitrogens with zero attached hydrogens (tertiary/aromatic N) is 2. The SMILES string of the molecule is COc1ccc(CC(=O)Nc2ccccc2SC(=O)N(C)C)cc1S(=O)(=O)N1CCOCC1. The van der Waals surface area contributed by atoms with Gasteiger partial charge in [0.2, 0.25) is 15.9 Å². The highest BCUT2D eigenvalue weighted by molar-refractivity contribution is 8.13. The van der Waals surface area contributed by atoms with Crippen molar-refractivity contribution in [3.63, 3.8) is 0 Å².